The fraction of sp³-hybridized carbons (Fsp3) is 0. The number of rotatable bonds is 7. The molecule has 0 aliphatic carbocycles. The summed E-state index contributed by atoms with van der Waals surface area (Å²) >= 11 is 0. The molecule has 3 aromatic heterocycles. The van der Waals surface area contributed by atoms with Crippen LogP contribution < -0.4 is 9.47 Å². The molecule has 0 spiro atoms. The molecular formula is C43H26N4O2Pt. The molecule has 3 heterocycles. The van der Waals surface area contributed by atoms with Crippen molar-refractivity contribution >= 4 is 27.3 Å². The zero-order valence-corrected chi connectivity index (χ0v) is 28.7. The summed E-state index contributed by atoms with van der Waals surface area (Å²) in [5.41, 5.74) is 7.04. The number of hydrogen-bond acceptors (Lipinski definition) is 5. The van der Waals surface area contributed by atoms with Gasteiger partial charge in [-0.3, -0.25) is 0 Å². The first-order valence-corrected chi connectivity index (χ1v) is 16.0. The third-order valence-corrected chi connectivity index (χ3v) is 8.51. The second-order valence-corrected chi connectivity index (χ2v) is 11.5. The number of hydrogen-bond donors (Lipinski definition) is 0. The summed E-state index contributed by atoms with van der Waals surface area (Å²) in [5.74, 6) is 2.74. The van der Waals surface area contributed by atoms with E-state index in [2.05, 4.69) is 119 Å². The van der Waals surface area contributed by atoms with Crippen molar-refractivity contribution in [2.45, 2.75) is 0 Å². The molecule has 0 saturated carbocycles. The van der Waals surface area contributed by atoms with Crippen LogP contribution in [0.4, 0.5) is 0 Å². The Morgan fingerprint density at radius 1 is 0.500 bits per heavy atom. The molecule has 6 nitrogen and oxygen atoms in total. The molecule has 0 bridgehead atoms. The molecular weight excluding hydrogens is 800 g/mol. The topological polar surface area (TPSA) is 61.5 Å². The Labute approximate surface area is 302 Å². The van der Waals surface area contributed by atoms with E-state index in [0.29, 0.717) is 28.8 Å². The van der Waals surface area contributed by atoms with E-state index in [0.717, 1.165) is 55.3 Å². The quantitative estimate of drug-likeness (QED) is 0.118. The van der Waals surface area contributed by atoms with Gasteiger partial charge < -0.3 is 13.9 Å². The van der Waals surface area contributed by atoms with Crippen LogP contribution in [0, 0.1) is 12.1 Å². The van der Waals surface area contributed by atoms with Crippen molar-refractivity contribution in [3.63, 3.8) is 0 Å². The summed E-state index contributed by atoms with van der Waals surface area (Å²) in [6.45, 7) is 0. The molecule has 0 fully saturated rings. The Morgan fingerprint density at radius 2 is 1.14 bits per heavy atom. The van der Waals surface area contributed by atoms with Crippen LogP contribution in [-0.2, 0) is 21.1 Å². The third kappa shape index (κ3) is 5.70. The van der Waals surface area contributed by atoms with Crippen molar-refractivity contribution in [3.05, 3.63) is 170 Å². The summed E-state index contributed by atoms with van der Waals surface area (Å²) in [6, 6.07) is 57.3. The Kier molecular flexibility index (Phi) is 8.37. The van der Waals surface area contributed by atoms with Gasteiger partial charge in [-0.1, -0.05) is 126 Å². The molecule has 9 aromatic rings. The van der Waals surface area contributed by atoms with Crippen molar-refractivity contribution in [1.82, 2.24) is 19.6 Å². The number of nitrogens with zero attached hydrogens (tertiary/aromatic N) is 4. The van der Waals surface area contributed by atoms with E-state index in [1.54, 1.807) is 12.3 Å². The smallest absolute Gasteiger partial charge is 0.503 e. The molecule has 6 aromatic carbocycles. The molecule has 0 aliphatic heterocycles. The van der Waals surface area contributed by atoms with Crippen molar-refractivity contribution in [1.29, 1.82) is 0 Å². The van der Waals surface area contributed by atoms with E-state index in [4.69, 9.17) is 19.7 Å². The van der Waals surface area contributed by atoms with E-state index in [-0.39, 0.29) is 21.1 Å². The Bertz CT molecular complexity index is 2550. The Hall–Kier alpha value is -6.10. The molecule has 9 rings (SSSR count). The standard InChI is InChI=1S/C43H26N4O2.Pt/c1-3-13-29(14-4-1)34-20-12-21-35(30-15-5-2-6-16-30)41(34)43-46-45-42-38-28-33(24-25-36(38)37-19-7-8-22-39(37)47(42)43)48-31-17-11-18-32(27-31)49-40-23-9-10-26-44-40;/h1-26H;/q-2;+2. The van der Waals surface area contributed by atoms with Crippen molar-refractivity contribution in [3.8, 4) is 56.8 Å². The maximum atomic E-state index is 6.30. The van der Waals surface area contributed by atoms with Gasteiger partial charge >= 0.3 is 21.1 Å². The van der Waals surface area contributed by atoms with Gasteiger partial charge in [0.1, 0.15) is 0 Å². The fourth-order valence-electron chi connectivity index (χ4n) is 6.36. The van der Waals surface area contributed by atoms with Crippen LogP contribution in [0.25, 0.3) is 61.0 Å². The first kappa shape index (κ1) is 31.2. The van der Waals surface area contributed by atoms with Gasteiger partial charge in [-0.05, 0) is 39.8 Å². The van der Waals surface area contributed by atoms with Gasteiger partial charge in [0.2, 0.25) is 5.88 Å². The van der Waals surface area contributed by atoms with E-state index in [1.165, 1.54) is 0 Å². The van der Waals surface area contributed by atoms with Gasteiger partial charge in [-0.15, -0.1) is 29.4 Å². The normalized spacial score (nSPS) is 11.0. The number of fused-ring (bicyclic) bond motifs is 6. The van der Waals surface area contributed by atoms with Crippen molar-refractivity contribution in [2.75, 3.05) is 0 Å². The van der Waals surface area contributed by atoms with Crippen LogP contribution >= 0.6 is 0 Å². The predicted octanol–water partition coefficient (Wildman–Crippen LogP) is 10.6. The van der Waals surface area contributed by atoms with Crippen LogP contribution in [0.2, 0.25) is 0 Å². The Balaban J connectivity index is 0.00000361. The van der Waals surface area contributed by atoms with Crippen LogP contribution in [0.1, 0.15) is 0 Å². The van der Waals surface area contributed by atoms with Crippen molar-refractivity contribution in [2.24, 2.45) is 0 Å². The van der Waals surface area contributed by atoms with E-state index >= 15 is 0 Å². The number of ether oxygens (including phenoxy) is 2. The van der Waals surface area contributed by atoms with Gasteiger partial charge in [-0.2, -0.15) is 11.2 Å². The maximum absolute atomic E-state index is 6.30. The average molecular weight is 826 g/mol. The predicted molar refractivity (Wildman–Crippen MR) is 193 cm³/mol. The molecule has 0 amide bonds. The van der Waals surface area contributed by atoms with Gasteiger partial charge in [0.15, 0.2) is 5.82 Å². The van der Waals surface area contributed by atoms with E-state index in [9.17, 15) is 0 Å². The summed E-state index contributed by atoms with van der Waals surface area (Å²) < 4.78 is 14.3. The van der Waals surface area contributed by atoms with Crippen LogP contribution in [0.5, 0.6) is 23.1 Å². The number of pyridine rings is 2. The largest absolute Gasteiger partial charge is 2.00 e. The molecule has 0 unspecified atom stereocenters. The average Bonchev–Trinajstić information content (AvgIpc) is 3.61. The molecule has 0 atom stereocenters. The molecule has 7 heteroatoms. The van der Waals surface area contributed by atoms with Gasteiger partial charge in [-0.25, -0.2) is 4.98 Å². The maximum Gasteiger partial charge on any atom is 2.00 e. The third-order valence-electron chi connectivity index (χ3n) is 8.51. The minimum atomic E-state index is 0. The first-order chi connectivity index (χ1) is 24.3. The minimum absolute atomic E-state index is 0. The van der Waals surface area contributed by atoms with Crippen LogP contribution in [-0.4, -0.2) is 19.6 Å². The number of benzene rings is 6. The van der Waals surface area contributed by atoms with Crippen LogP contribution in [0.15, 0.2) is 158 Å². The molecule has 0 radical (unpaired) electrons. The zero-order chi connectivity index (χ0) is 32.6. The first-order valence-electron chi connectivity index (χ1n) is 16.0. The van der Waals surface area contributed by atoms with Gasteiger partial charge in [0.25, 0.3) is 0 Å². The molecule has 0 aliphatic rings. The zero-order valence-electron chi connectivity index (χ0n) is 26.4. The molecule has 50 heavy (non-hydrogen) atoms. The second-order valence-electron chi connectivity index (χ2n) is 11.5. The van der Waals surface area contributed by atoms with Crippen LogP contribution in [0.3, 0.4) is 0 Å². The monoisotopic (exact) mass is 825 g/mol. The second kappa shape index (κ2) is 13.4. The molecule has 0 saturated heterocycles. The number of aromatic nitrogens is 4. The number of para-hydroxylation sites is 1. The summed E-state index contributed by atoms with van der Waals surface area (Å²) in [4.78, 5) is 4.24. The SMILES string of the molecule is [Pt+2].[c-]1c(Oc2[c-]c3c(cc2)c2ccccc2n2c(-c4c(-c5ccccc5)cccc4-c4ccccc4)nnc32)cccc1Oc1ccccn1. The molecule has 240 valence electrons. The summed E-state index contributed by atoms with van der Waals surface area (Å²) in [7, 11) is 0. The van der Waals surface area contributed by atoms with E-state index < -0.39 is 0 Å². The summed E-state index contributed by atoms with van der Waals surface area (Å²) in [5, 5.41) is 12.6. The fourth-order valence-corrected chi connectivity index (χ4v) is 6.36. The molecule has 0 N–H and O–H groups in total. The minimum Gasteiger partial charge on any atom is -0.503 e. The van der Waals surface area contributed by atoms with E-state index in [1.807, 2.05) is 48.5 Å². The van der Waals surface area contributed by atoms with Gasteiger partial charge in [0, 0.05) is 40.6 Å². The van der Waals surface area contributed by atoms with Crippen molar-refractivity contribution < 1.29 is 30.5 Å². The summed E-state index contributed by atoms with van der Waals surface area (Å²) in [6.07, 6.45) is 1.68. The van der Waals surface area contributed by atoms with Gasteiger partial charge in [0.05, 0.1) is 5.65 Å². The Morgan fingerprint density at radius 3 is 1.86 bits per heavy atom.